The minimum atomic E-state index is -0.626. The normalized spacial score (nSPS) is 17.9. The van der Waals surface area contributed by atoms with Crippen LogP contribution in [0.5, 0.6) is 0 Å². The van der Waals surface area contributed by atoms with Gasteiger partial charge in [-0.2, -0.15) is 5.10 Å². The second-order valence-electron chi connectivity index (χ2n) is 15.8. The average molecular weight is 816 g/mol. The van der Waals surface area contributed by atoms with Crippen LogP contribution >= 0.6 is 0 Å². The zero-order valence-electron chi connectivity index (χ0n) is 33.1. The number of nitrogens with zero attached hydrogens (tertiary/aromatic N) is 4. The van der Waals surface area contributed by atoms with Crippen LogP contribution in [-0.2, 0) is 20.7 Å². The number of amides is 3. The Morgan fingerprint density at radius 2 is 1.68 bits per heavy atom. The number of rotatable bonds is 12. The number of halogens is 2. The van der Waals surface area contributed by atoms with Crippen molar-refractivity contribution in [1.82, 2.24) is 25.0 Å². The van der Waals surface area contributed by atoms with Crippen LogP contribution in [0.2, 0.25) is 0 Å². The molecule has 3 fully saturated rings. The number of ether oxygens (including phenoxy) is 1. The summed E-state index contributed by atoms with van der Waals surface area (Å²) < 4.78 is 35.3. The van der Waals surface area contributed by atoms with E-state index in [0.29, 0.717) is 54.8 Å². The van der Waals surface area contributed by atoms with Gasteiger partial charge in [-0.25, -0.2) is 8.78 Å². The number of aromatic amines is 1. The Kier molecular flexibility index (Phi) is 11.2. The van der Waals surface area contributed by atoms with Crippen LogP contribution in [0.4, 0.5) is 31.7 Å². The van der Waals surface area contributed by atoms with E-state index in [9.17, 15) is 23.2 Å². The lowest BCUT2D eigenvalue weighted by molar-refractivity contribution is -0.135. The number of carbonyl (C=O) groups excluding carboxylic acids is 3. The van der Waals surface area contributed by atoms with Crippen molar-refractivity contribution >= 4 is 62.4 Å². The van der Waals surface area contributed by atoms with E-state index in [-0.39, 0.29) is 29.8 Å². The Morgan fingerprint density at radius 3 is 2.48 bits per heavy atom. The first-order valence-electron chi connectivity index (χ1n) is 20.6. The van der Waals surface area contributed by atoms with Gasteiger partial charge in [-0.1, -0.05) is 6.07 Å². The molecule has 2 aromatic heterocycles. The van der Waals surface area contributed by atoms with Crippen LogP contribution in [-0.4, -0.2) is 95.9 Å². The molecular weight excluding hydrogens is 769 g/mol. The van der Waals surface area contributed by atoms with Crippen LogP contribution in [0.3, 0.4) is 0 Å². The zero-order valence-corrected chi connectivity index (χ0v) is 33.1. The molecule has 3 aliphatic rings. The molecule has 13 nitrogen and oxygen atoms in total. The van der Waals surface area contributed by atoms with E-state index >= 15 is 0 Å². The second kappa shape index (κ2) is 17.1. The highest BCUT2D eigenvalue weighted by Gasteiger charge is 2.29. The third kappa shape index (κ3) is 8.68. The Morgan fingerprint density at radius 1 is 0.867 bits per heavy atom. The third-order valence-electron chi connectivity index (χ3n) is 11.8. The number of H-pyrrole nitrogens is 1. The van der Waals surface area contributed by atoms with Gasteiger partial charge in [0, 0.05) is 111 Å². The largest absolute Gasteiger partial charge is 0.384 e. The number of piperidine rings is 1. The number of fused-ring (bicyclic) bond motifs is 2. The van der Waals surface area contributed by atoms with E-state index in [0.717, 1.165) is 97.2 Å². The molecule has 0 spiro atoms. The molecule has 5 N–H and O–H groups in total. The fourth-order valence-corrected chi connectivity index (χ4v) is 8.58. The molecule has 0 bridgehead atoms. The number of imide groups is 1. The molecule has 5 heterocycles. The Hall–Kier alpha value is -6.32. The number of nitrogens with one attached hydrogen (secondary N) is 5. The lowest BCUT2D eigenvalue weighted by Crippen LogP contribution is -2.47. The lowest BCUT2D eigenvalue weighted by Gasteiger charge is -2.36. The van der Waals surface area contributed by atoms with Crippen molar-refractivity contribution in [2.45, 2.75) is 44.2 Å². The van der Waals surface area contributed by atoms with Gasteiger partial charge in [0.25, 0.3) is 5.91 Å². The maximum Gasteiger partial charge on any atom is 0.258 e. The number of hydrogen-bond donors (Lipinski definition) is 5. The molecular formula is C45H47F2N9O4. The van der Waals surface area contributed by atoms with E-state index in [4.69, 9.17) is 4.74 Å². The Balaban J connectivity index is 0.831. The van der Waals surface area contributed by atoms with E-state index in [2.05, 4.69) is 53.4 Å². The quantitative estimate of drug-likeness (QED) is 0.0881. The highest BCUT2D eigenvalue weighted by atomic mass is 19.1. The lowest BCUT2D eigenvalue weighted by atomic mass is 10.0. The predicted octanol–water partition coefficient (Wildman–Crippen LogP) is 6.44. The van der Waals surface area contributed by atoms with E-state index in [1.807, 2.05) is 59.3 Å². The number of carbonyl (C=O) groups is 3. The first-order valence-corrected chi connectivity index (χ1v) is 20.6. The number of hydrogen-bond acceptors (Lipinski definition) is 9. The summed E-state index contributed by atoms with van der Waals surface area (Å²) in [5.74, 6) is -1.65. The summed E-state index contributed by atoms with van der Waals surface area (Å²) in [5.41, 5.74) is 6.34. The number of piperazine rings is 1. The standard InChI is InChI=1S/C45H47F2N9O4/c46-31-22-29(23-32(47)26-31)21-28-1-5-38-37(24-28)43(53-52-38)51-44(58)36-4-3-35(27-39(36)49-33-10-19-60-20-11-33)55-17-15-54(16-18-55)14-12-48-34-2-6-40-30(25-34)9-13-56(40)41-7-8-42(57)50-45(41)59/h1-6,9,13,22-27,33,41,48-49H,7-8,10-12,14-21H2,(H,50,57,59)(H2,51,52,53,58). The fourth-order valence-electron chi connectivity index (χ4n) is 8.58. The van der Waals surface area contributed by atoms with Crippen LogP contribution in [0, 0.1) is 11.6 Å². The smallest absolute Gasteiger partial charge is 0.258 e. The molecule has 3 amide bonds. The van der Waals surface area contributed by atoms with E-state index in [1.54, 1.807) is 0 Å². The van der Waals surface area contributed by atoms with Crippen molar-refractivity contribution in [2.75, 3.05) is 73.3 Å². The van der Waals surface area contributed by atoms with Gasteiger partial charge in [0.05, 0.1) is 11.1 Å². The van der Waals surface area contributed by atoms with Crippen LogP contribution in [0.1, 0.15) is 53.2 Å². The minimum Gasteiger partial charge on any atom is -0.384 e. The molecule has 1 atom stereocenters. The molecule has 310 valence electrons. The molecule has 60 heavy (non-hydrogen) atoms. The molecule has 4 aromatic carbocycles. The van der Waals surface area contributed by atoms with Gasteiger partial charge in [-0.15, -0.1) is 0 Å². The van der Waals surface area contributed by atoms with Crippen molar-refractivity contribution in [3.63, 3.8) is 0 Å². The molecule has 1 unspecified atom stereocenters. The van der Waals surface area contributed by atoms with Gasteiger partial charge >= 0.3 is 0 Å². The first kappa shape index (κ1) is 39.2. The van der Waals surface area contributed by atoms with E-state index in [1.165, 1.54) is 12.1 Å². The van der Waals surface area contributed by atoms with Crippen molar-refractivity contribution in [2.24, 2.45) is 0 Å². The fraction of sp³-hybridized carbons (Fsp3) is 0.333. The molecule has 0 aliphatic carbocycles. The molecule has 0 saturated carbocycles. The Bertz CT molecular complexity index is 2540. The van der Waals surface area contributed by atoms with Crippen LogP contribution < -0.4 is 26.2 Å². The third-order valence-corrected chi connectivity index (χ3v) is 11.8. The monoisotopic (exact) mass is 815 g/mol. The molecule has 6 aromatic rings. The van der Waals surface area contributed by atoms with Crippen LogP contribution in [0.15, 0.2) is 85.1 Å². The van der Waals surface area contributed by atoms with Crippen molar-refractivity contribution in [3.8, 4) is 0 Å². The van der Waals surface area contributed by atoms with Crippen molar-refractivity contribution < 1.29 is 27.9 Å². The minimum absolute atomic E-state index is 0.164. The highest BCUT2D eigenvalue weighted by Crippen LogP contribution is 2.31. The predicted molar refractivity (Wildman–Crippen MR) is 228 cm³/mol. The number of benzene rings is 4. The maximum atomic E-state index is 14.0. The zero-order chi connectivity index (χ0) is 41.2. The summed E-state index contributed by atoms with van der Waals surface area (Å²) in [5, 5.41) is 21.8. The first-order chi connectivity index (χ1) is 29.2. The van der Waals surface area contributed by atoms with Gasteiger partial charge in [0.15, 0.2) is 5.82 Å². The van der Waals surface area contributed by atoms with E-state index < -0.39 is 11.6 Å². The van der Waals surface area contributed by atoms with Crippen molar-refractivity contribution in [1.29, 1.82) is 0 Å². The van der Waals surface area contributed by atoms with Gasteiger partial charge in [-0.05, 0) is 104 Å². The molecule has 0 radical (unpaired) electrons. The average Bonchev–Trinajstić information content (AvgIpc) is 3.84. The number of aromatic nitrogens is 3. The summed E-state index contributed by atoms with van der Waals surface area (Å²) in [6.07, 6.45) is 4.75. The SMILES string of the molecule is O=C1CCC(n2ccc3cc(NCCN4CCN(c5ccc(C(=O)Nc6n[nH]c7ccc(Cc8cc(F)cc(F)c8)cc67)c(NC6CCOCC6)c5)CC4)ccc32)C(=O)N1. The van der Waals surface area contributed by atoms with Crippen molar-refractivity contribution in [3.05, 3.63) is 113 Å². The topological polar surface area (TPSA) is 149 Å². The van der Waals surface area contributed by atoms with Gasteiger partial charge in [-0.3, -0.25) is 29.7 Å². The summed E-state index contributed by atoms with van der Waals surface area (Å²) in [6.45, 7) is 6.44. The molecule has 9 rings (SSSR count). The summed E-state index contributed by atoms with van der Waals surface area (Å²) in [4.78, 5) is 42.9. The molecule has 3 aliphatic heterocycles. The second-order valence-corrected chi connectivity index (χ2v) is 15.8. The summed E-state index contributed by atoms with van der Waals surface area (Å²) >= 11 is 0. The van der Waals surface area contributed by atoms with Gasteiger partial charge in [0.2, 0.25) is 11.8 Å². The van der Waals surface area contributed by atoms with Gasteiger partial charge in [0.1, 0.15) is 17.7 Å². The molecule has 3 saturated heterocycles. The highest BCUT2D eigenvalue weighted by molar-refractivity contribution is 6.11. The summed E-state index contributed by atoms with van der Waals surface area (Å²) in [7, 11) is 0. The molecule has 15 heteroatoms. The summed E-state index contributed by atoms with van der Waals surface area (Å²) in [6, 6.07) is 23.0. The van der Waals surface area contributed by atoms with Gasteiger partial charge < -0.3 is 30.2 Å². The van der Waals surface area contributed by atoms with Crippen LogP contribution in [0.25, 0.3) is 21.8 Å². The number of anilines is 4. The Labute approximate surface area is 345 Å². The maximum absolute atomic E-state index is 14.0.